The van der Waals surface area contributed by atoms with E-state index >= 15 is 0 Å². The Balaban J connectivity index is 1.46. The normalized spacial score (nSPS) is 16.0. The summed E-state index contributed by atoms with van der Waals surface area (Å²) in [7, 11) is 0. The van der Waals surface area contributed by atoms with E-state index in [1.54, 1.807) is 6.20 Å². The average Bonchev–Trinajstić information content (AvgIpc) is 3.12. The Morgan fingerprint density at radius 3 is 2.81 bits per heavy atom. The number of aromatic nitrogens is 3. The number of carbonyl (C=O) groups excluding carboxylic acids is 1. The number of nitrogens with one attached hydrogen (secondary N) is 2. The Morgan fingerprint density at radius 2 is 2.07 bits per heavy atom. The van der Waals surface area contributed by atoms with Crippen LogP contribution >= 0.6 is 0 Å². The fraction of sp³-hybridized carbons (Fsp3) is 0.286. The Hall–Kier alpha value is -2.99. The minimum Gasteiger partial charge on any atom is -0.326 e. The van der Waals surface area contributed by atoms with E-state index < -0.39 is 0 Å². The first-order valence-electron chi connectivity index (χ1n) is 9.29. The second-order valence-corrected chi connectivity index (χ2v) is 6.85. The summed E-state index contributed by atoms with van der Waals surface area (Å²) in [6, 6.07) is 14.1. The minimum absolute atomic E-state index is 0.0551. The van der Waals surface area contributed by atoms with E-state index in [1.807, 2.05) is 53.3 Å². The molecule has 0 saturated carbocycles. The van der Waals surface area contributed by atoms with Gasteiger partial charge in [-0.3, -0.25) is 4.79 Å². The first kappa shape index (κ1) is 17.4. The van der Waals surface area contributed by atoms with Gasteiger partial charge in [-0.25, -0.2) is 9.67 Å². The molecule has 1 atom stereocenters. The third-order valence-electron chi connectivity index (χ3n) is 4.88. The van der Waals surface area contributed by atoms with Crippen molar-refractivity contribution in [1.29, 1.82) is 0 Å². The van der Waals surface area contributed by atoms with Crippen molar-refractivity contribution in [2.45, 2.75) is 38.8 Å². The van der Waals surface area contributed by atoms with Crippen LogP contribution in [0.3, 0.4) is 0 Å². The van der Waals surface area contributed by atoms with Crippen molar-refractivity contribution in [3.05, 3.63) is 71.7 Å². The number of benzene rings is 1. The number of nitrogens with zero attached hydrogens (tertiary/aromatic N) is 3. The lowest BCUT2D eigenvalue weighted by atomic mass is 9.92. The monoisotopic (exact) mass is 361 g/mol. The first-order chi connectivity index (χ1) is 13.2. The van der Waals surface area contributed by atoms with Crippen LogP contribution in [0.2, 0.25) is 0 Å². The molecule has 138 valence electrons. The van der Waals surface area contributed by atoms with Crippen molar-refractivity contribution < 1.29 is 4.79 Å². The predicted molar refractivity (Wildman–Crippen MR) is 105 cm³/mol. The first-order valence-corrected chi connectivity index (χ1v) is 9.29. The molecule has 4 rings (SSSR count). The van der Waals surface area contributed by atoms with Crippen molar-refractivity contribution >= 4 is 11.6 Å². The molecule has 0 bridgehead atoms. The highest BCUT2D eigenvalue weighted by Crippen LogP contribution is 2.31. The highest BCUT2D eigenvalue weighted by molar-refractivity contribution is 5.88. The van der Waals surface area contributed by atoms with Gasteiger partial charge >= 0.3 is 0 Å². The van der Waals surface area contributed by atoms with Crippen LogP contribution in [0.15, 0.2) is 54.9 Å². The van der Waals surface area contributed by atoms with E-state index in [4.69, 9.17) is 0 Å². The zero-order valence-corrected chi connectivity index (χ0v) is 15.4. The second-order valence-electron chi connectivity index (χ2n) is 6.85. The van der Waals surface area contributed by atoms with Crippen molar-refractivity contribution in [3.8, 4) is 5.82 Å². The van der Waals surface area contributed by atoms with Crippen molar-refractivity contribution in [2.24, 2.45) is 0 Å². The third-order valence-corrected chi connectivity index (χ3v) is 4.88. The zero-order chi connectivity index (χ0) is 18.6. The van der Waals surface area contributed by atoms with E-state index in [-0.39, 0.29) is 5.91 Å². The summed E-state index contributed by atoms with van der Waals surface area (Å²) in [5, 5.41) is 11.0. The third kappa shape index (κ3) is 3.90. The highest BCUT2D eigenvalue weighted by Gasteiger charge is 2.24. The van der Waals surface area contributed by atoms with Crippen molar-refractivity contribution in [2.75, 3.05) is 5.32 Å². The smallest absolute Gasteiger partial charge is 0.221 e. The molecule has 1 aliphatic rings. The number of pyridine rings is 1. The molecule has 0 unspecified atom stereocenters. The van der Waals surface area contributed by atoms with Gasteiger partial charge in [0.25, 0.3) is 0 Å². The van der Waals surface area contributed by atoms with Crippen LogP contribution in [-0.4, -0.2) is 20.7 Å². The van der Waals surface area contributed by atoms with E-state index in [2.05, 4.69) is 20.7 Å². The van der Waals surface area contributed by atoms with Gasteiger partial charge < -0.3 is 10.6 Å². The fourth-order valence-corrected chi connectivity index (χ4v) is 3.60. The lowest BCUT2D eigenvalue weighted by Crippen LogP contribution is -2.25. The van der Waals surface area contributed by atoms with Gasteiger partial charge in [-0.05, 0) is 49.1 Å². The van der Waals surface area contributed by atoms with Gasteiger partial charge in [0.2, 0.25) is 5.91 Å². The summed E-state index contributed by atoms with van der Waals surface area (Å²) in [6.07, 6.45) is 7.03. The molecule has 1 aliphatic carbocycles. The summed E-state index contributed by atoms with van der Waals surface area (Å²) in [5.41, 5.74) is 4.52. The number of anilines is 1. The summed E-state index contributed by atoms with van der Waals surface area (Å²) in [4.78, 5) is 15.5. The molecule has 0 spiro atoms. The molecule has 0 saturated heterocycles. The van der Waals surface area contributed by atoms with E-state index in [0.717, 1.165) is 37.3 Å². The second kappa shape index (κ2) is 7.72. The molecular weight excluding hydrogens is 338 g/mol. The van der Waals surface area contributed by atoms with Gasteiger partial charge in [0.15, 0.2) is 5.82 Å². The molecule has 2 N–H and O–H groups in total. The summed E-state index contributed by atoms with van der Waals surface area (Å²) < 4.78 is 1.96. The van der Waals surface area contributed by atoms with Gasteiger partial charge in [0, 0.05) is 37.0 Å². The van der Waals surface area contributed by atoms with Crippen LogP contribution in [0, 0.1) is 0 Å². The maximum absolute atomic E-state index is 11.1. The predicted octanol–water partition coefficient (Wildman–Crippen LogP) is 3.39. The van der Waals surface area contributed by atoms with Gasteiger partial charge in [0.1, 0.15) is 0 Å². The number of amides is 1. The van der Waals surface area contributed by atoms with Crippen LogP contribution < -0.4 is 10.6 Å². The molecule has 1 amide bonds. The number of hydrogen-bond acceptors (Lipinski definition) is 4. The van der Waals surface area contributed by atoms with Crippen molar-refractivity contribution in [3.63, 3.8) is 0 Å². The molecule has 2 aromatic heterocycles. The topological polar surface area (TPSA) is 71.8 Å². The summed E-state index contributed by atoms with van der Waals surface area (Å²) in [6.45, 7) is 2.29. The summed E-state index contributed by atoms with van der Waals surface area (Å²) >= 11 is 0. The maximum Gasteiger partial charge on any atom is 0.221 e. The molecule has 6 heteroatoms. The van der Waals surface area contributed by atoms with Gasteiger partial charge in [-0.15, -0.1) is 0 Å². The number of hydrogen-bond donors (Lipinski definition) is 2. The largest absolute Gasteiger partial charge is 0.326 e. The van der Waals surface area contributed by atoms with Crippen LogP contribution in [-0.2, 0) is 17.8 Å². The highest BCUT2D eigenvalue weighted by atomic mass is 16.1. The fourth-order valence-electron chi connectivity index (χ4n) is 3.60. The maximum atomic E-state index is 11.1. The van der Waals surface area contributed by atoms with Crippen LogP contribution in [0.5, 0.6) is 0 Å². The molecule has 2 heterocycles. The van der Waals surface area contributed by atoms with E-state index in [0.29, 0.717) is 6.04 Å². The zero-order valence-electron chi connectivity index (χ0n) is 15.4. The van der Waals surface area contributed by atoms with E-state index in [1.165, 1.54) is 23.7 Å². The number of carbonyl (C=O) groups is 1. The molecule has 27 heavy (non-hydrogen) atoms. The van der Waals surface area contributed by atoms with E-state index in [9.17, 15) is 4.79 Å². The van der Waals surface area contributed by atoms with Crippen LogP contribution in [0.4, 0.5) is 5.69 Å². The average molecular weight is 361 g/mol. The number of rotatable bonds is 5. The van der Waals surface area contributed by atoms with Crippen LogP contribution in [0.25, 0.3) is 5.82 Å². The Kier molecular flexibility index (Phi) is 4.98. The Bertz CT molecular complexity index is 918. The molecule has 1 aromatic carbocycles. The molecule has 0 radical (unpaired) electrons. The Labute approximate surface area is 158 Å². The van der Waals surface area contributed by atoms with Crippen molar-refractivity contribution in [1.82, 2.24) is 20.1 Å². The summed E-state index contributed by atoms with van der Waals surface area (Å²) in [5.74, 6) is 0.813. The molecule has 0 aliphatic heterocycles. The lowest BCUT2D eigenvalue weighted by molar-refractivity contribution is -0.114. The van der Waals surface area contributed by atoms with Crippen LogP contribution in [0.1, 0.15) is 42.6 Å². The quantitative estimate of drug-likeness (QED) is 0.731. The lowest BCUT2D eigenvalue weighted by Gasteiger charge is -2.24. The van der Waals surface area contributed by atoms with Gasteiger partial charge in [0.05, 0.1) is 11.9 Å². The van der Waals surface area contributed by atoms with Gasteiger partial charge in [-0.1, -0.05) is 18.2 Å². The van der Waals surface area contributed by atoms with Gasteiger partial charge in [-0.2, -0.15) is 5.10 Å². The molecule has 6 nitrogen and oxygen atoms in total. The standard InChI is InChI=1S/C21H23N5O/c1-15(27)25-17-10-8-16(9-11-17)13-23-19-5-4-6-20-18(19)14-24-26(20)21-7-2-3-12-22-21/h2-3,7-12,14,19,23H,4-6,13H2,1H3,(H,25,27)/t19-/m0/s1. The SMILES string of the molecule is CC(=O)Nc1ccc(CN[C@H]2CCCc3c2cnn3-c2ccccn2)cc1. The molecule has 3 aromatic rings. The molecule has 0 fully saturated rings. The molecular formula is C21H23N5O. The minimum atomic E-state index is -0.0551. The Morgan fingerprint density at radius 1 is 1.22 bits per heavy atom. The number of fused-ring (bicyclic) bond motifs is 1.